The van der Waals surface area contributed by atoms with Crippen LogP contribution in [0.1, 0.15) is 28.3 Å². The fraction of sp³-hybridized carbons (Fsp3) is 0.231. The molecule has 0 aliphatic carbocycles. The van der Waals surface area contributed by atoms with Crippen molar-refractivity contribution in [3.05, 3.63) is 57.3 Å². The van der Waals surface area contributed by atoms with E-state index in [1.165, 1.54) is 22.3 Å². The first-order valence-corrected chi connectivity index (χ1v) is 5.98. The van der Waals surface area contributed by atoms with Crippen LogP contribution in [0.3, 0.4) is 0 Å². The van der Waals surface area contributed by atoms with Gasteiger partial charge in [0.25, 0.3) is 0 Å². The molecule has 78 valence electrons. The molecule has 0 amide bonds. The molecule has 0 aliphatic rings. The van der Waals surface area contributed by atoms with Crippen molar-refractivity contribution < 1.29 is 0 Å². The highest BCUT2D eigenvalue weighted by molar-refractivity contribution is 7.08. The van der Waals surface area contributed by atoms with Crippen LogP contribution in [0, 0.1) is 13.8 Å². The van der Waals surface area contributed by atoms with E-state index in [9.17, 15) is 0 Å². The van der Waals surface area contributed by atoms with Crippen LogP contribution in [0.4, 0.5) is 0 Å². The Labute approximate surface area is 94.6 Å². The van der Waals surface area contributed by atoms with Gasteiger partial charge in [-0.05, 0) is 52.9 Å². The average molecular weight is 217 g/mol. The minimum atomic E-state index is 0.0115. The Kier molecular flexibility index (Phi) is 2.89. The van der Waals surface area contributed by atoms with Crippen molar-refractivity contribution in [1.29, 1.82) is 0 Å². The lowest BCUT2D eigenvalue weighted by molar-refractivity contribution is 0.856. The van der Waals surface area contributed by atoms with Crippen molar-refractivity contribution in [3.8, 4) is 0 Å². The molecule has 1 nitrogen and oxygen atoms in total. The van der Waals surface area contributed by atoms with Crippen LogP contribution in [0.15, 0.2) is 35.0 Å². The summed E-state index contributed by atoms with van der Waals surface area (Å²) in [4.78, 5) is 0. The second kappa shape index (κ2) is 4.17. The quantitative estimate of drug-likeness (QED) is 0.819. The normalized spacial score (nSPS) is 12.7. The Bertz CT molecular complexity index is 425. The van der Waals surface area contributed by atoms with Crippen molar-refractivity contribution in [2.45, 2.75) is 19.9 Å². The van der Waals surface area contributed by atoms with Crippen molar-refractivity contribution in [2.75, 3.05) is 0 Å². The summed E-state index contributed by atoms with van der Waals surface area (Å²) >= 11 is 1.69. The summed E-state index contributed by atoms with van der Waals surface area (Å²) in [5, 5.41) is 4.19. The van der Waals surface area contributed by atoms with Gasteiger partial charge in [0.2, 0.25) is 0 Å². The SMILES string of the molecule is Cc1cccc(C)c1C(N)c1ccsc1. The molecule has 2 N–H and O–H groups in total. The number of hydrogen-bond donors (Lipinski definition) is 1. The van der Waals surface area contributed by atoms with Crippen LogP contribution in [-0.4, -0.2) is 0 Å². The molecule has 1 heterocycles. The van der Waals surface area contributed by atoms with E-state index >= 15 is 0 Å². The number of thiophene rings is 1. The molecule has 15 heavy (non-hydrogen) atoms. The molecular formula is C13H15NS. The van der Waals surface area contributed by atoms with E-state index < -0.39 is 0 Å². The van der Waals surface area contributed by atoms with Crippen molar-refractivity contribution in [2.24, 2.45) is 5.73 Å². The molecule has 0 bridgehead atoms. The van der Waals surface area contributed by atoms with Gasteiger partial charge in [-0.2, -0.15) is 11.3 Å². The lowest BCUT2D eigenvalue weighted by Crippen LogP contribution is -2.13. The van der Waals surface area contributed by atoms with Crippen LogP contribution in [-0.2, 0) is 0 Å². The molecule has 0 saturated heterocycles. The molecule has 0 aliphatic heterocycles. The maximum atomic E-state index is 6.27. The van der Waals surface area contributed by atoms with Crippen molar-refractivity contribution in [3.63, 3.8) is 0 Å². The minimum absolute atomic E-state index is 0.0115. The van der Waals surface area contributed by atoms with E-state index in [1.54, 1.807) is 11.3 Å². The second-order valence-electron chi connectivity index (χ2n) is 3.84. The third kappa shape index (κ3) is 1.96. The smallest absolute Gasteiger partial charge is 0.0565 e. The first-order chi connectivity index (χ1) is 7.20. The minimum Gasteiger partial charge on any atom is -0.320 e. The molecule has 1 atom stereocenters. The highest BCUT2D eigenvalue weighted by atomic mass is 32.1. The van der Waals surface area contributed by atoms with Gasteiger partial charge in [0.05, 0.1) is 6.04 Å². The Hall–Kier alpha value is -1.12. The van der Waals surface area contributed by atoms with E-state index in [0.29, 0.717) is 0 Å². The lowest BCUT2D eigenvalue weighted by atomic mass is 9.93. The summed E-state index contributed by atoms with van der Waals surface area (Å²) in [5.41, 5.74) is 11.3. The molecular weight excluding hydrogens is 202 g/mol. The summed E-state index contributed by atoms with van der Waals surface area (Å²) in [7, 11) is 0. The number of rotatable bonds is 2. The summed E-state index contributed by atoms with van der Waals surface area (Å²) < 4.78 is 0. The molecule has 2 heteroatoms. The number of aryl methyl sites for hydroxylation is 2. The fourth-order valence-electron chi connectivity index (χ4n) is 1.94. The molecule has 1 aromatic heterocycles. The Morgan fingerprint density at radius 2 is 1.80 bits per heavy atom. The second-order valence-corrected chi connectivity index (χ2v) is 4.62. The first-order valence-electron chi connectivity index (χ1n) is 5.04. The largest absolute Gasteiger partial charge is 0.320 e. The Morgan fingerprint density at radius 3 is 2.33 bits per heavy atom. The van der Waals surface area contributed by atoms with Gasteiger partial charge in [0, 0.05) is 0 Å². The van der Waals surface area contributed by atoms with Crippen LogP contribution >= 0.6 is 11.3 Å². The highest BCUT2D eigenvalue weighted by Crippen LogP contribution is 2.26. The summed E-state index contributed by atoms with van der Waals surface area (Å²) in [6, 6.07) is 8.43. The number of hydrogen-bond acceptors (Lipinski definition) is 2. The molecule has 1 aromatic carbocycles. The highest BCUT2D eigenvalue weighted by Gasteiger charge is 2.13. The predicted molar refractivity (Wildman–Crippen MR) is 66.3 cm³/mol. The fourth-order valence-corrected chi connectivity index (χ4v) is 2.63. The van der Waals surface area contributed by atoms with Crippen LogP contribution in [0.25, 0.3) is 0 Å². The van der Waals surface area contributed by atoms with E-state index in [2.05, 4.69) is 48.9 Å². The lowest BCUT2D eigenvalue weighted by Gasteiger charge is -2.16. The molecule has 2 aromatic rings. The third-order valence-corrected chi connectivity index (χ3v) is 3.46. The number of nitrogens with two attached hydrogens (primary N) is 1. The van der Waals surface area contributed by atoms with Gasteiger partial charge < -0.3 is 5.73 Å². The van der Waals surface area contributed by atoms with E-state index in [-0.39, 0.29) is 6.04 Å². The monoisotopic (exact) mass is 217 g/mol. The molecule has 0 saturated carbocycles. The Morgan fingerprint density at radius 1 is 1.13 bits per heavy atom. The first kappa shape index (κ1) is 10.4. The predicted octanol–water partition coefficient (Wildman–Crippen LogP) is 3.41. The molecule has 0 radical (unpaired) electrons. The van der Waals surface area contributed by atoms with Gasteiger partial charge in [0.15, 0.2) is 0 Å². The van der Waals surface area contributed by atoms with Crippen LogP contribution < -0.4 is 5.73 Å². The third-order valence-electron chi connectivity index (χ3n) is 2.76. The van der Waals surface area contributed by atoms with Gasteiger partial charge in [-0.15, -0.1) is 0 Å². The van der Waals surface area contributed by atoms with Crippen molar-refractivity contribution >= 4 is 11.3 Å². The number of benzene rings is 1. The van der Waals surface area contributed by atoms with E-state index in [4.69, 9.17) is 5.73 Å². The van der Waals surface area contributed by atoms with E-state index in [0.717, 1.165) is 0 Å². The standard InChI is InChI=1S/C13H15NS/c1-9-4-3-5-10(2)12(9)13(14)11-6-7-15-8-11/h3-8,13H,14H2,1-2H3. The topological polar surface area (TPSA) is 26.0 Å². The molecule has 0 spiro atoms. The zero-order chi connectivity index (χ0) is 10.8. The van der Waals surface area contributed by atoms with E-state index in [1.807, 2.05) is 0 Å². The van der Waals surface area contributed by atoms with Crippen LogP contribution in [0.5, 0.6) is 0 Å². The summed E-state index contributed by atoms with van der Waals surface area (Å²) in [6.45, 7) is 4.24. The molecule has 1 unspecified atom stereocenters. The Balaban J connectivity index is 2.46. The summed E-state index contributed by atoms with van der Waals surface area (Å²) in [6.07, 6.45) is 0. The molecule has 2 rings (SSSR count). The van der Waals surface area contributed by atoms with Gasteiger partial charge in [-0.3, -0.25) is 0 Å². The van der Waals surface area contributed by atoms with Gasteiger partial charge in [-0.1, -0.05) is 18.2 Å². The van der Waals surface area contributed by atoms with Crippen molar-refractivity contribution in [1.82, 2.24) is 0 Å². The van der Waals surface area contributed by atoms with Gasteiger partial charge in [0.1, 0.15) is 0 Å². The zero-order valence-electron chi connectivity index (χ0n) is 9.03. The van der Waals surface area contributed by atoms with Gasteiger partial charge >= 0.3 is 0 Å². The maximum absolute atomic E-state index is 6.27. The van der Waals surface area contributed by atoms with Gasteiger partial charge in [-0.25, -0.2) is 0 Å². The summed E-state index contributed by atoms with van der Waals surface area (Å²) in [5.74, 6) is 0. The maximum Gasteiger partial charge on any atom is 0.0565 e. The van der Waals surface area contributed by atoms with Crippen LogP contribution in [0.2, 0.25) is 0 Å². The average Bonchev–Trinajstić information content (AvgIpc) is 2.69. The molecule has 0 fully saturated rings. The zero-order valence-corrected chi connectivity index (χ0v) is 9.84.